The number of nitrogens with two attached hydrogens (primary N) is 1. The van der Waals surface area contributed by atoms with Crippen molar-refractivity contribution < 1.29 is 4.39 Å². The van der Waals surface area contributed by atoms with Gasteiger partial charge in [-0.2, -0.15) is 5.10 Å². The Morgan fingerprint density at radius 3 is 2.81 bits per heavy atom. The molecule has 2 aromatic rings. The van der Waals surface area contributed by atoms with E-state index in [2.05, 4.69) is 10.1 Å². The SMILES string of the molecule is Cn1nc(CCN)nc1-c1ccccc1F. The van der Waals surface area contributed by atoms with Crippen molar-refractivity contribution >= 4 is 0 Å². The molecule has 1 aromatic carbocycles. The molecule has 0 aliphatic carbocycles. The van der Waals surface area contributed by atoms with E-state index in [1.165, 1.54) is 6.07 Å². The first-order chi connectivity index (χ1) is 7.72. The maximum atomic E-state index is 13.5. The molecule has 0 unspecified atom stereocenters. The molecule has 1 heterocycles. The molecule has 2 rings (SSSR count). The molecule has 0 aliphatic heterocycles. The summed E-state index contributed by atoms with van der Waals surface area (Å²) in [5, 5.41) is 4.18. The van der Waals surface area contributed by atoms with E-state index >= 15 is 0 Å². The number of aryl methyl sites for hydroxylation is 1. The van der Waals surface area contributed by atoms with Crippen LogP contribution in [0.15, 0.2) is 24.3 Å². The number of hydrogen-bond acceptors (Lipinski definition) is 3. The van der Waals surface area contributed by atoms with Gasteiger partial charge in [-0.05, 0) is 18.7 Å². The molecule has 0 amide bonds. The van der Waals surface area contributed by atoms with E-state index in [4.69, 9.17) is 5.73 Å². The molecular weight excluding hydrogens is 207 g/mol. The van der Waals surface area contributed by atoms with Gasteiger partial charge in [0.05, 0.1) is 5.56 Å². The predicted molar refractivity (Wildman–Crippen MR) is 59.2 cm³/mol. The lowest BCUT2D eigenvalue weighted by Crippen LogP contribution is -2.04. The average molecular weight is 220 g/mol. The van der Waals surface area contributed by atoms with Crippen LogP contribution in [0.25, 0.3) is 11.4 Å². The number of hydrogen-bond donors (Lipinski definition) is 1. The van der Waals surface area contributed by atoms with Gasteiger partial charge in [0.1, 0.15) is 5.82 Å². The number of benzene rings is 1. The Kier molecular flexibility index (Phi) is 2.96. The van der Waals surface area contributed by atoms with Crippen LogP contribution in [0.5, 0.6) is 0 Å². The van der Waals surface area contributed by atoms with Crippen LogP contribution in [-0.2, 0) is 13.5 Å². The van der Waals surface area contributed by atoms with Crippen molar-refractivity contribution in [3.63, 3.8) is 0 Å². The third-order valence-corrected chi connectivity index (χ3v) is 2.29. The molecule has 1 aromatic heterocycles. The van der Waals surface area contributed by atoms with Crippen LogP contribution < -0.4 is 5.73 Å². The zero-order valence-corrected chi connectivity index (χ0v) is 9.02. The van der Waals surface area contributed by atoms with Gasteiger partial charge < -0.3 is 5.73 Å². The summed E-state index contributed by atoms with van der Waals surface area (Å²) < 4.78 is 15.1. The normalized spacial score (nSPS) is 10.7. The fourth-order valence-electron chi connectivity index (χ4n) is 1.55. The first-order valence-corrected chi connectivity index (χ1v) is 5.07. The molecule has 16 heavy (non-hydrogen) atoms. The van der Waals surface area contributed by atoms with Crippen LogP contribution in [0, 0.1) is 5.82 Å². The van der Waals surface area contributed by atoms with Crippen LogP contribution in [0.4, 0.5) is 4.39 Å². The van der Waals surface area contributed by atoms with Crippen molar-refractivity contribution in [1.82, 2.24) is 14.8 Å². The van der Waals surface area contributed by atoms with E-state index in [1.807, 2.05) is 0 Å². The highest BCUT2D eigenvalue weighted by Gasteiger charge is 2.12. The van der Waals surface area contributed by atoms with Crippen LogP contribution in [0.3, 0.4) is 0 Å². The lowest BCUT2D eigenvalue weighted by atomic mass is 10.2. The van der Waals surface area contributed by atoms with Crippen LogP contribution in [0.2, 0.25) is 0 Å². The van der Waals surface area contributed by atoms with Gasteiger partial charge in [-0.3, -0.25) is 0 Å². The largest absolute Gasteiger partial charge is 0.330 e. The zero-order valence-electron chi connectivity index (χ0n) is 9.02. The molecule has 0 atom stereocenters. The third kappa shape index (κ3) is 1.94. The highest BCUT2D eigenvalue weighted by atomic mass is 19.1. The molecule has 0 saturated heterocycles. The van der Waals surface area contributed by atoms with Crippen molar-refractivity contribution in [2.24, 2.45) is 12.8 Å². The van der Waals surface area contributed by atoms with Gasteiger partial charge in [0, 0.05) is 13.5 Å². The average Bonchev–Trinajstić information content (AvgIpc) is 2.61. The second-order valence-corrected chi connectivity index (χ2v) is 3.49. The molecule has 84 valence electrons. The molecule has 2 N–H and O–H groups in total. The summed E-state index contributed by atoms with van der Waals surface area (Å²) in [7, 11) is 1.74. The monoisotopic (exact) mass is 220 g/mol. The van der Waals surface area contributed by atoms with Crippen molar-refractivity contribution in [2.75, 3.05) is 6.54 Å². The van der Waals surface area contributed by atoms with E-state index in [1.54, 1.807) is 29.9 Å². The number of aromatic nitrogens is 3. The summed E-state index contributed by atoms with van der Waals surface area (Å²) in [6.07, 6.45) is 0.599. The van der Waals surface area contributed by atoms with Gasteiger partial charge in [-0.1, -0.05) is 12.1 Å². The summed E-state index contributed by atoms with van der Waals surface area (Å²) in [6.45, 7) is 0.487. The molecule has 0 bridgehead atoms. The second kappa shape index (κ2) is 4.40. The number of halogens is 1. The van der Waals surface area contributed by atoms with E-state index in [9.17, 15) is 4.39 Å². The molecule has 0 radical (unpaired) electrons. The summed E-state index contributed by atoms with van der Waals surface area (Å²) in [4.78, 5) is 4.26. The van der Waals surface area contributed by atoms with E-state index in [0.29, 0.717) is 30.2 Å². The quantitative estimate of drug-likeness (QED) is 0.843. The smallest absolute Gasteiger partial charge is 0.161 e. The predicted octanol–water partition coefficient (Wildman–Crippen LogP) is 1.12. The Hall–Kier alpha value is -1.75. The molecule has 0 saturated carbocycles. The second-order valence-electron chi connectivity index (χ2n) is 3.49. The topological polar surface area (TPSA) is 56.7 Å². The lowest BCUT2D eigenvalue weighted by Gasteiger charge is -2.00. The van der Waals surface area contributed by atoms with Crippen LogP contribution in [-0.4, -0.2) is 21.3 Å². The van der Waals surface area contributed by atoms with E-state index < -0.39 is 0 Å². The van der Waals surface area contributed by atoms with Gasteiger partial charge >= 0.3 is 0 Å². The Morgan fingerprint density at radius 2 is 2.12 bits per heavy atom. The maximum Gasteiger partial charge on any atom is 0.161 e. The molecule has 0 fully saturated rings. The maximum absolute atomic E-state index is 13.5. The Balaban J connectivity index is 2.44. The summed E-state index contributed by atoms with van der Waals surface area (Å²) in [5.41, 5.74) is 5.88. The Bertz CT molecular complexity index is 492. The fraction of sp³-hybridized carbons (Fsp3) is 0.273. The van der Waals surface area contributed by atoms with Gasteiger partial charge in [-0.15, -0.1) is 0 Å². The minimum absolute atomic E-state index is 0.294. The molecule has 0 spiro atoms. The zero-order chi connectivity index (χ0) is 11.5. The molecule has 5 heteroatoms. The summed E-state index contributed by atoms with van der Waals surface area (Å²) >= 11 is 0. The van der Waals surface area contributed by atoms with Gasteiger partial charge in [-0.25, -0.2) is 14.1 Å². The van der Waals surface area contributed by atoms with Crippen molar-refractivity contribution in [1.29, 1.82) is 0 Å². The minimum atomic E-state index is -0.294. The van der Waals surface area contributed by atoms with E-state index in [0.717, 1.165) is 0 Å². The van der Waals surface area contributed by atoms with Crippen molar-refractivity contribution in [3.8, 4) is 11.4 Å². The standard InChI is InChI=1S/C11H13FN4/c1-16-11(14-10(15-16)6-7-13)8-4-2-3-5-9(8)12/h2-5H,6-7,13H2,1H3. The minimum Gasteiger partial charge on any atom is -0.330 e. The van der Waals surface area contributed by atoms with Gasteiger partial charge in [0.15, 0.2) is 11.6 Å². The first-order valence-electron chi connectivity index (χ1n) is 5.07. The van der Waals surface area contributed by atoms with Crippen LogP contribution >= 0.6 is 0 Å². The third-order valence-electron chi connectivity index (χ3n) is 2.29. The molecular formula is C11H13FN4. The Labute approximate surface area is 92.9 Å². The number of rotatable bonds is 3. The van der Waals surface area contributed by atoms with Gasteiger partial charge in [0.2, 0.25) is 0 Å². The van der Waals surface area contributed by atoms with Gasteiger partial charge in [0.25, 0.3) is 0 Å². The fourth-order valence-corrected chi connectivity index (χ4v) is 1.55. The summed E-state index contributed by atoms with van der Waals surface area (Å²) in [6, 6.07) is 6.52. The first kappa shape index (κ1) is 10.8. The molecule has 0 aliphatic rings. The highest BCUT2D eigenvalue weighted by Crippen LogP contribution is 2.19. The number of nitrogens with zero attached hydrogens (tertiary/aromatic N) is 3. The van der Waals surface area contributed by atoms with Crippen LogP contribution in [0.1, 0.15) is 5.82 Å². The Morgan fingerprint density at radius 1 is 1.38 bits per heavy atom. The van der Waals surface area contributed by atoms with Crippen molar-refractivity contribution in [3.05, 3.63) is 35.9 Å². The lowest BCUT2D eigenvalue weighted by molar-refractivity contribution is 0.627. The molecule has 4 nitrogen and oxygen atoms in total. The highest BCUT2D eigenvalue weighted by molar-refractivity contribution is 5.55. The van der Waals surface area contributed by atoms with E-state index in [-0.39, 0.29) is 5.82 Å². The van der Waals surface area contributed by atoms with Crippen molar-refractivity contribution in [2.45, 2.75) is 6.42 Å². The summed E-state index contributed by atoms with van der Waals surface area (Å²) in [5.74, 6) is 0.877.